The van der Waals surface area contributed by atoms with Crippen molar-refractivity contribution < 1.29 is 4.74 Å². The average Bonchev–Trinajstić information content (AvgIpc) is 2.21. The maximum Gasteiger partial charge on any atom is 0.0702 e. The maximum absolute atomic E-state index is 5.72. The Hall–Kier alpha value is -0.0800. The third kappa shape index (κ3) is 2.96. The highest BCUT2D eigenvalue weighted by atomic mass is 16.5. The molecule has 0 aromatic carbocycles. The third-order valence-electron chi connectivity index (χ3n) is 3.33. The van der Waals surface area contributed by atoms with Crippen molar-refractivity contribution in [2.75, 3.05) is 19.7 Å². The van der Waals surface area contributed by atoms with Crippen molar-refractivity contribution in [3.63, 3.8) is 0 Å². The van der Waals surface area contributed by atoms with Gasteiger partial charge in [0.15, 0.2) is 0 Å². The fourth-order valence-corrected chi connectivity index (χ4v) is 2.57. The van der Waals surface area contributed by atoms with E-state index in [-0.39, 0.29) is 0 Å². The van der Waals surface area contributed by atoms with Crippen molar-refractivity contribution in [2.24, 2.45) is 5.92 Å². The Morgan fingerprint density at radius 3 is 2.69 bits per heavy atom. The molecule has 0 amide bonds. The van der Waals surface area contributed by atoms with Crippen LogP contribution in [0.15, 0.2) is 0 Å². The molecule has 0 bridgehead atoms. The minimum absolute atomic E-state index is 0.511. The van der Waals surface area contributed by atoms with Crippen LogP contribution < -0.4 is 5.32 Å². The average molecular weight is 183 g/mol. The lowest BCUT2D eigenvalue weighted by Crippen LogP contribution is -2.39. The summed E-state index contributed by atoms with van der Waals surface area (Å²) in [5.41, 5.74) is 0. The van der Waals surface area contributed by atoms with E-state index in [2.05, 4.69) is 5.32 Å². The molecule has 1 saturated heterocycles. The van der Waals surface area contributed by atoms with Crippen LogP contribution in [0, 0.1) is 5.92 Å². The molecule has 2 heteroatoms. The summed E-state index contributed by atoms with van der Waals surface area (Å²) in [5.74, 6) is 0.957. The van der Waals surface area contributed by atoms with Gasteiger partial charge < -0.3 is 10.1 Å². The number of rotatable bonds is 2. The molecule has 2 aliphatic rings. The topological polar surface area (TPSA) is 21.3 Å². The fourth-order valence-electron chi connectivity index (χ4n) is 2.57. The summed E-state index contributed by atoms with van der Waals surface area (Å²) < 4.78 is 5.72. The van der Waals surface area contributed by atoms with Gasteiger partial charge in [-0.05, 0) is 12.3 Å². The standard InChI is InChI=1S/C11H21NO/c1-2-4-10(5-3-1)8-11-9-12-6-7-13-11/h10-12H,1-9H2. The highest BCUT2D eigenvalue weighted by Gasteiger charge is 2.20. The van der Waals surface area contributed by atoms with Gasteiger partial charge in [0.05, 0.1) is 12.7 Å². The van der Waals surface area contributed by atoms with Gasteiger partial charge in [0.2, 0.25) is 0 Å². The Morgan fingerprint density at radius 1 is 1.15 bits per heavy atom. The van der Waals surface area contributed by atoms with Crippen LogP contribution in [0.5, 0.6) is 0 Å². The minimum Gasteiger partial charge on any atom is -0.376 e. The van der Waals surface area contributed by atoms with Crippen LogP contribution in [0.25, 0.3) is 0 Å². The Labute approximate surface area is 81.0 Å². The van der Waals surface area contributed by atoms with Crippen LogP contribution in [0.4, 0.5) is 0 Å². The molecule has 0 radical (unpaired) electrons. The van der Waals surface area contributed by atoms with Crippen molar-refractivity contribution in [1.29, 1.82) is 0 Å². The van der Waals surface area contributed by atoms with Crippen molar-refractivity contribution in [3.05, 3.63) is 0 Å². The summed E-state index contributed by atoms with van der Waals surface area (Å²) in [6.45, 7) is 3.04. The molecule has 1 N–H and O–H groups in total. The lowest BCUT2D eigenvalue weighted by atomic mass is 9.85. The van der Waals surface area contributed by atoms with Gasteiger partial charge in [0.1, 0.15) is 0 Å². The van der Waals surface area contributed by atoms with Crippen LogP contribution in [0.1, 0.15) is 38.5 Å². The molecule has 1 saturated carbocycles. The summed E-state index contributed by atoms with van der Waals surface area (Å²) in [6, 6.07) is 0. The Balaban J connectivity index is 1.69. The summed E-state index contributed by atoms with van der Waals surface area (Å²) in [6.07, 6.45) is 9.06. The lowest BCUT2D eigenvalue weighted by Gasteiger charge is -2.29. The smallest absolute Gasteiger partial charge is 0.0702 e. The Morgan fingerprint density at radius 2 is 2.00 bits per heavy atom. The summed E-state index contributed by atoms with van der Waals surface area (Å²) in [5, 5.41) is 3.40. The van der Waals surface area contributed by atoms with E-state index in [1.54, 1.807) is 0 Å². The molecule has 0 aromatic heterocycles. The van der Waals surface area contributed by atoms with Gasteiger partial charge in [0.25, 0.3) is 0 Å². The summed E-state index contributed by atoms with van der Waals surface area (Å²) in [7, 11) is 0. The van der Waals surface area contributed by atoms with Gasteiger partial charge in [-0.3, -0.25) is 0 Å². The van der Waals surface area contributed by atoms with E-state index < -0.39 is 0 Å². The number of nitrogens with one attached hydrogen (secondary N) is 1. The SMILES string of the molecule is C1CCC(CC2CNCCO2)CC1. The van der Waals surface area contributed by atoms with Crippen molar-refractivity contribution >= 4 is 0 Å². The molecule has 0 aromatic rings. The Bertz CT molecular complexity index is 121. The normalized spacial score (nSPS) is 31.8. The molecule has 2 nitrogen and oxygen atoms in total. The van der Waals surface area contributed by atoms with Gasteiger partial charge >= 0.3 is 0 Å². The van der Waals surface area contributed by atoms with E-state index in [0.717, 1.165) is 25.6 Å². The van der Waals surface area contributed by atoms with Crippen LogP contribution in [0.2, 0.25) is 0 Å². The number of hydrogen-bond acceptors (Lipinski definition) is 2. The first-order valence-electron chi connectivity index (χ1n) is 5.77. The molecular formula is C11H21NO. The Kier molecular flexibility index (Phi) is 3.62. The predicted molar refractivity (Wildman–Crippen MR) is 53.8 cm³/mol. The second-order valence-corrected chi connectivity index (χ2v) is 4.44. The molecular weight excluding hydrogens is 162 g/mol. The third-order valence-corrected chi connectivity index (χ3v) is 3.33. The van der Waals surface area contributed by atoms with Gasteiger partial charge in [-0.15, -0.1) is 0 Å². The molecule has 1 atom stereocenters. The van der Waals surface area contributed by atoms with E-state index in [0.29, 0.717) is 6.10 Å². The zero-order valence-corrected chi connectivity index (χ0v) is 8.43. The quantitative estimate of drug-likeness (QED) is 0.706. The molecule has 2 fully saturated rings. The number of hydrogen-bond donors (Lipinski definition) is 1. The first kappa shape index (κ1) is 9.47. The van der Waals surface area contributed by atoms with E-state index in [1.807, 2.05) is 0 Å². The molecule has 76 valence electrons. The summed E-state index contributed by atoms with van der Waals surface area (Å²) >= 11 is 0. The van der Waals surface area contributed by atoms with Gasteiger partial charge in [-0.1, -0.05) is 32.1 Å². The highest BCUT2D eigenvalue weighted by Crippen LogP contribution is 2.28. The van der Waals surface area contributed by atoms with Gasteiger partial charge in [-0.25, -0.2) is 0 Å². The van der Waals surface area contributed by atoms with Crippen LogP contribution in [0.3, 0.4) is 0 Å². The number of ether oxygens (including phenoxy) is 1. The van der Waals surface area contributed by atoms with Crippen LogP contribution in [-0.2, 0) is 4.74 Å². The maximum atomic E-state index is 5.72. The largest absolute Gasteiger partial charge is 0.376 e. The monoisotopic (exact) mass is 183 g/mol. The van der Waals surface area contributed by atoms with Crippen LogP contribution >= 0.6 is 0 Å². The zero-order chi connectivity index (χ0) is 8.93. The molecule has 0 spiro atoms. The minimum atomic E-state index is 0.511. The van der Waals surface area contributed by atoms with E-state index in [4.69, 9.17) is 4.74 Å². The van der Waals surface area contributed by atoms with Crippen molar-refractivity contribution in [3.8, 4) is 0 Å². The predicted octanol–water partition coefficient (Wildman–Crippen LogP) is 1.95. The van der Waals surface area contributed by atoms with Gasteiger partial charge in [0, 0.05) is 13.1 Å². The molecule has 1 aliphatic carbocycles. The van der Waals surface area contributed by atoms with Crippen molar-refractivity contribution in [1.82, 2.24) is 5.32 Å². The van der Waals surface area contributed by atoms with Crippen molar-refractivity contribution in [2.45, 2.75) is 44.6 Å². The highest BCUT2D eigenvalue weighted by molar-refractivity contribution is 4.74. The lowest BCUT2D eigenvalue weighted by molar-refractivity contribution is 0.0100. The van der Waals surface area contributed by atoms with E-state index >= 15 is 0 Å². The van der Waals surface area contributed by atoms with Gasteiger partial charge in [-0.2, -0.15) is 0 Å². The second kappa shape index (κ2) is 4.97. The molecule has 1 aliphatic heterocycles. The van der Waals surface area contributed by atoms with E-state index in [9.17, 15) is 0 Å². The zero-order valence-electron chi connectivity index (χ0n) is 8.43. The summed E-state index contributed by atoms with van der Waals surface area (Å²) in [4.78, 5) is 0. The molecule has 2 rings (SSSR count). The second-order valence-electron chi connectivity index (χ2n) is 4.44. The number of morpholine rings is 1. The first-order valence-corrected chi connectivity index (χ1v) is 5.77. The van der Waals surface area contributed by atoms with Crippen LogP contribution in [-0.4, -0.2) is 25.8 Å². The van der Waals surface area contributed by atoms with E-state index in [1.165, 1.54) is 38.5 Å². The fraction of sp³-hybridized carbons (Fsp3) is 1.00. The molecule has 1 heterocycles. The molecule has 13 heavy (non-hydrogen) atoms. The molecule has 1 unspecified atom stereocenters. The first-order chi connectivity index (χ1) is 6.45.